The van der Waals surface area contributed by atoms with Crippen molar-refractivity contribution < 1.29 is 31.2 Å². The van der Waals surface area contributed by atoms with E-state index in [1.54, 1.807) is 6.92 Å². The summed E-state index contributed by atoms with van der Waals surface area (Å²) >= 11 is 0. The van der Waals surface area contributed by atoms with Crippen molar-refractivity contribution in [2.75, 3.05) is 0 Å². The van der Waals surface area contributed by atoms with Crippen LogP contribution in [0.1, 0.15) is 34.7 Å². The standard InChI is InChI=1S/C18H15F6NO/c1-11-3-8-15(16(9-11)18(22,23)24)12(2)25-26-10-13-4-6-14(7-5-13)17(19,20)21/h3-9H,10H2,1-2H3/b25-12+. The number of alkyl halides is 6. The van der Waals surface area contributed by atoms with Crippen LogP contribution in [-0.2, 0) is 23.8 Å². The number of hydrogen-bond donors (Lipinski definition) is 0. The topological polar surface area (TPSA) is 21.6 Å². The summed E-state index contributed by atoms with van der Waals surface area (Å²) in [5, 5.41) is 3.66. The lowest BCUT2D eigenvalue weighted by Crippen LogP contribution is -2.12. The predicted octanol–water partition coefficient (Wildman–Crippen LogP) is 5.97. The molecule has 0 aliphatic rings. The first-order valence-electron chi connectivity index (χ1n) is 7.49. The van der Waals surface area contributed by atoms with Crippen molar-refractivity contribution in [3.8, 4) is 0 Å². The lowest BCUT2D eigenvalue weighted by molar-refractivity contribution is -0.138. The molecule has 0 saturated heterocycles. The zero-order valence-corrected chi connectivity index (χ0v) is 13.9. The molecule has 140 valence electrons. The summed E-state index contributed by atoms with van der Waals surface area (Å²) in [5.74, 6) is 0. The van der Waals surface area contributed by atoms with Gasteiger partial charge < -0.3 is 4.84 Å². The number of hydrogen-bond acceptors (Lipinski definition) is 2. The Balaban J connectivity index is 2.12. The number of benzene rings is 2. The van der Waals surface area contributed by atoms with E-state index in [0.29, 0.717) is 11.1 Å². The first-order chi connectivity index (χ1) is 12.0. The molecular formula is C18H15F6NO. The number of halogens is 6. The van der Waals surface area contributed by atoms with E-state index in [4.69, 9.17) is 4.84 Å². The Bertz CT molecular complexity index is 791. The molecule has 0 heterocycles. The fourth-order valence-electron chi connectivity index (χ4n) is 2.25. The molecule has 0 radical (unpaired) electrons. The zero-order chi connectivity index (χ0) is 19.5. The molecule has 0 spiro atoms. The maximum absolute atomic E-state index is 13.1. The van der Waals surface area contributed by atoms with Crippen molar-refractivity contribution in [2.45, 2.75) is 32.8 Å². The highest BCUT2D eigenvalue weighted by atomic mass is 19.4. The predicted molar refractivity (Wildman–Crippen MR) is 84.6 cm³/mol. The van der Waals surface area contributed by atoms with Gasteiger partial charge in [-0.05, 0) is 37.6 Å². The van der Waals surface area contributed by atoms with Gasteiger partial charge in [-0.2, -0.15) is 26.3 Å². The average Bonchev–Trinajstić information content (AvgIpc) is 2.53. The van der Waals surface area contributed by atoms with E-state index in [1.807, 2.05) is 0 Å². The SMILES string of the molecule is C/C(=N\OCc1ccc(C(F)(F)F)cc1)c1ccc(C)cc1C(F)(F)F. The van der Waals surface area contributed by atoms with Crippen LogP contribution in [0.25, 0.3) is 0 Å². The van der Waals surface area contributed by atoms with E-state index in [0.717, 1.165) is 18.2 Å². The van der Waals surface area contributed by atoms with Crippen LogP contribution in [0.5, 0.6) is 0 Å². The molecule has 0 fully saturated rings. The Morgan fingerprint density at radius 2 is 1.54 bits per heavy atom. The second-order valence-electron chi connectivity index (χ2n) is 5.69. The number of rotatable bonds is 4. The van der Waals surface area contributed by atoms with E-state index in [9.17, 15) is 26.3 Å². The molecule has 0 saturated carbocycles. The molecule has 2 rings (SSSR count). The summed E-state index contributed by atoms with van der Waals surface area (Å²) in [4.78, 5) is 5.00. The Morgan fingerprint density at radius 3 is 2.08 bits per heavy atom. The van der Waals surface area contributed by atoms with Gasteiger partial charge in [0.2, 0.25) is 0 Å². The van der Waals surface area contributed by atoms with Crippen molar-refractivity contribution in [3.63, 3.8) is 0 Å². The van der Waals surface area contributed by atoms with Gasteiger partial charge in [0, 0.05) is 5.56 Å². The second kappa shape index (κ2) is 7.39. The summed E-state index contributed by atoms with van der Waals surface area (Å²) in [6.45, 7) is 2.75. The van der Waals surface area contributed by atoms with Gasteiger partial charge >= 0.3 is 12.4 Å². The molecule has 0 bridgehead atoms. The van der Waals surface area contributed by atoms with Crippen LogP contribution in [0.4, 0.5) is 26.3 Å². The fourth-order valence-corrected chi connectivity index (χ4v) is 2.25. The molecule has 2 aromatic carbocycles. The highest BCUT2D eigenvalue weighted by Gasteiger charge is 2.34. The Morgan fingerprint density at radius 1 is 0.923 bits per heavy atom. The summed E-state index contributed by atoms with van der Waals surface area (Å²) in [5.41, 5.74) is -0.846. The van der Waals surface area contributed by atoms with Gasteiger partial charge in [0.1, 0.15) is 6.61 Å². The van der Waals surface area contributed by atoms with Gasteiger partial charge in [-0.3, -0.25) is 0 Å². The maximum atomic E-state index is 13.1. The molecule has 0 unspecified atom stereocenters. The van der Waals surface area contributed by atoms with E-state index in [1.165, 1.54) is 31.2 Å². The number of aryl methyl sites for hydroxylation is 1. The van der Waals surface area contributed by atoms with Crippen molar-refractivity contribution in [2.24, 2.45) is 5.16 Å². The highest BCUT2D eigenvalue weighted by Crippen LogP contribution is 2.33. The molecule has 2 nitrogen and oxygen atoms in total. The molecule has 0 aromatic heterocycles. The minimum absolute atomic E-state index is 0.0178. The van der Waals surface area contributed by atoms with Crippen LogP contribution >= 0.6 is 0 Å². The lowest BCUT2D eigenvalue weighted by atomic mass is 10.0. The summed E-state index contributed by atoms with van der Waals surface area (Å²) in [6, 6.07) is 8.09. The minimum atomic E-state index is -4.54. The van der Waals surface area contributed by atoms with Crippen LogP contribution < -0.4 is 0 Å². The van der Waals surface area contributed by atoms with Gasteiger partial charge in [-0.15, -0.1) is 0 Å². The smallest absolute Gasteiger partial charge is 0.391 e. The largest absolute Gasteiger partial charge is 0.417 e. The minimum Gasteiger partial charge on any atom is -0.391 e. The first-order valence-corrected chi connectivity index (χ1v) is 7.49. The van der Waals surface area contributed by atoms with E-state index < -0.39 is 23.5 Å². The first kappa shape index (κ1) is 19.8. The maximum Gasteiger partial charge on any atom is 0.417 e. The van der Waals surface area contributed by atoms with Crippen LogP contribution in [0.3, 0.4) is 0 Å². The lowest BCUT2D eigenvalue weighted by Gasteiger charge is -2.13. The van der Waals surface area contributed by atoms with Gasteiger partial charge in [0.05, 0.1) is 16.8 Å². The zero-order valence-electron chi connectivity index (χ0n) is 13.9. The highest BCUT2D eigenvalue weighted by molar-refractivity contribution is 5.99. The molecule has 0 N–H and O–H groups in total. The third kappa shape index (κ3) is 5.00. The molecule has 0 atom stereocenters. The second-order valence-corrected chi connectivity index (χ2v) is 5.69. The molecular weight excluding hydrogens is 360 g/mol. The summed E-state index contributed by atoms with van der Waals surface area (Å²) in [6.07, 6.45) is -8.97. The van der Waals surface area contributed by atoms with Gasteiger partial charge in [0.25, 0.3) is 0 Å². The molecule has 0 aliphatic heterocycles. The van der Waals surface area contributed by atoms with Crippen LogP contribution in [0.15, 0.2) is 47.6 Å². The van der Waals surface area contributed by atoms with Crippen molar-refractivity contribution >= 4 is 5.71 Å². The van der Waals surface area contributed by atoms with Crippen molar-refractivity contribution in [1.29, 1.82) is 0 Å². The Kier molecular flexibility index (Phi) is 5.63. The summed E-state index contributed by atoms with van der Waals surface area (Å²) in [7, 11) is 0. The molecule has 0 aliphatic carbocycles. The third-order valence-corrected chi connectivity index (χ3v) is 3.58. The fraction of sp³-hybridized carbons (Fsp3) is 0.278. The van der Waals surface area contributed by atoms with Crippen molar-refractivity contribution in [3.05, 3.63) is 70.3 Å². The van der Waals surface area contributed by atoms with Crippen LogP contribution in [0.2, 0.25) is 0 Å². The number of oxime groups is 1. The van der Waals surface area contributed by atoms with E-state index in [-0.39, 0.29) is 17.9 Å². The monoisotopic (exact) mass is 375 g/mol. The third-order valence-electron chi connectivity index (χ3n) is 3.58. The van der Waals surface area contributed by atoms with E-state index in [2.05, 4.69) is 5.16 Å². The summed E-state index contributed by atoms with van der Waals surface area (Å²) < 4.78 is 76.8. The van der Waals surface area contributed by atoms with Crippen molar-refractivity contribution in [1.82, 2.24) is 0 Å². The van der Waals surface area contributed by atoms with E-state index >= 15 is 0 Å². The molecule has 2 aromatic rings. The van der Waals surface area contributed by atoms with Crippen LogP contribution in [-0.4, -0.2) is 5.71 Å². The van der Waals surface area contributed by atoms with Gasteiger partial charge in [0.15, 0.2) is 0 Å². The quantitative estimate of drug-likeness (QED) is 0.366. The van der Waals surface area contributed by atoms with Crippen LogP contribution in [0, 0.1) is 6.92 Å². The number of nitrogens with zero attached hydrogens (tertiary/aromatic N) is 1. The normalized spacial score (nSPS) is 13.0. The molecule has 0 amide bonds. The van der Waals surface area contributed by atoms with Gasteiger partial charge in [-0.25, -0.2) is 0 Å². The Hall–Kier alpha value is -2.51. The molecule has 26 heavy (non-hydrogen) atoms. The average molecular weight is 375 g/mol. The van der Waals surface area contributed by atoms with Gasteiger partial charge in [-0.1, -0.05) is 35.0 Å². The molecule has 8 heteroatoms. The Labute approximate surface area is 146 Å².